The van der Waals surface area contributed by atoms with Gasteiger partial charge < -0.3 is 9.88 Å². The fraction of sp³-hybridized carbons (Fsp3) is 0.158. The van der Waals surface area contributed by atoms with Gasteiger partial charge in [0.25, 0.3) is 0 Å². The fourth-order valence-electron chi connectivity index (χ4n) is 2.82. The first-order chi connectivity index (χ1) is 12.6. The number of hydrogen-bond donors (Lipinski definition) is 1. The maximum absolute atomic E-state index is 12.1. The van der Waals surface area contributed by atoms with E-state index in [1.54, 1.807) is 0 Å². The van der Waals surface area contributed by atoms with Gasteiger partial charge in [-0.15, -0.1) is 10.2 Å². The third kappa shape index (κ3) is 3.13. The largest absolute Gasteiger partial charge is 0.327 e. The molecule has 0 aliphatic carbocycles. The van der Waals surface area contributed by atoms with Gasteiger partial charge in [0, 0.05) is 18.1 Å². The van der Waals surface area contributed by atoms with Crippen molar-refractivity contribution in [3.63, 3.8) is 0 Å². The number of nitrogens with one attached hydrogen (secondary N) is 1. The van der Waals surface area contributed by atoms with Crippen LogP contribution in [0, 0.1) is 6.92 Å². The minimum Gasteiger partial charge on any atom is -0.327 e. The molecule has 4 aromatic rings. The van der Waals surface area contributed by atoms with E-state index in [1.165, 1.54) is 11.8 Å². The summed E-state index contributed by atoms with van der Waals surface area (Å²) in [5.74, 6) is 0.130. The van der Waals surface area contributed by atoms with Gasteiger partial charge in [0.2, 0.25) is 11.1 Å². The number of carbonyl (C=O) groups is 1. The summed E-state index contributed by atoms with van der Waals surface area (Å²) in [7, 11) is 1.96. The van der Waals surface area contributed by atoms with Crippen molar-refractivity contribution in [2.45, 2.75) is 12.1 Å². The van der Waals surface area contributed by atoms with E-state index in [0.29, 0.717) is 5.16 Å². The Morgan fingerprint density at radius 3 is 2.69 bits per heavy atom. The first kappa shape index (κ1) is 16.5. The molecule has 0 radical (unpaired) electrons. The molecule has 2 aromatic heterocycles. The summed E-state index contributed by atoms with van der Waals surface area (Å²) in [6.45, 7) is 2.01. The number of anilines is 1. The Labute approximate surface area is 154 Å². The Hall–Kier alpha value is -2.93. The first-order valence-corrected chi connectivity index (χ1v) is 9.17. The van der Waals surface area contributed by atoms with Gasteiger partial charge in [-0.25, -0.2) is 4.98 Å². The van der Waals surface area contributed by atoms with Crippen LogP contribution < -0.4 is 5.32 Å². The average molecular weight is 363 g/mol. The summed E-state index contributed by atoms with van der Waals surface area (Å²) >= 11 is 1.27. The van der Waals surface area contributed by atoms with Crippen LogP contribution in [0.5, 0.6) is 0 Å². The molecule has 0 atom stereocenters. The minimum atomic E-state index is -0.0976. The summed E-state index contributed by atoms with van der Waals surface area (Å²) in [6.07, 6.45) is 0. The topological polar surface area (TPSA) is 72.7 Å². The molecule has 1 amide bonds. The molecule has 0 spiro atoms. The molecule has 0 bridgehead atoms. The van der Waals surface area contributed by atoms with Gasteiger partial charge in [-0.3, -0.25) is 4.79 Å². The number of hydrogen-bond acceptors (Lipinski definition) is 5. The molecule has 26 heavy (non-hydrogen) atoms. The molecule has 0 aliphatic heterocycles. The second-order valence-corrected chi connectivity index (χ2v) is 6.99. The number of amides is 1. The Balaban J connectivity index is 1.50. The lowest BCUT2D eigenvalue weighted by Gasteiger charge is -2.05. The third-order valence-electron chi connectivity index (χ3n) is 4.15. The number of para-hydroxylation sites is 1. The maximum Gasteiger partial charge on any atom is 0.234 e. The molecule has 2 aromatic carbocycles. The Kier molecular flexibility index (Phi) is 4.30. The molecule has 7 heteroatoms. The number of benzene rings is 2. The van der Waals surface area contributed by atoms with Crippen molar-refractivity contribution in [2.75, 3.05) is 11.1 Å². The van der Waals surface area contributed by atoms with Gasteiger partial charge in [0.05, 0.1) is 11.3 Å². The molecular weight excluding hydrogens is 346 g/mol. The van der Waals surface area contributed by atoms with E-state index < -0.39 is 0 Å². The van der Waals surface area contributed by atoms with Crippen molar-refractivity contribution < 1.29 is 4.79 Å². The highest BCUT2D eigenvalue weighted by molar-refractivity contribution is 7.99. The number of carbonyl (C=O) groups excluding carboxylic acids is 1. The standard InChI is InChI=1S/C19H17N5OS/c1-12-7-9-13(10-8-12)20-16(25)11-26-19-21-18-17(22-23-19)14-5-3-4-6-15(14)24(18)2/h3-10H,11H2,1-2H3,(H,20,25). The number of fused-ring (bicyclic) bond motifs is 3. The predicted molar refractivity (Wildman–Crippen MR) is 104 cm³/mol. The zero-order valence-corrected chi connectivity index (χ0v) is 15.2. The van der Waals surface area contributed by atoms with Crippen LogP contribution in [0.15, 0.2) is 53.7 Å². The number of aryl methyl sites for hydroxylation is 2. The first-order valence-electron chi connectivity index (χ1n) is 8.19. The van der Waals surface area contributed by atoms with Crippen LogP contribution in [0.2, 0.25) is 0 Å². The van der Waals surface area contributed by atoms with Crippen LogP contribution in [0.4, 0.5) is 5.69 Å². The number of rotatable bonds is 4. The Morgan fingerprint density at radius 2 is 1.88 bits per heavy atom. The minimum absolute atomic E-state index is 0.0976. The van der Waals surface area contributed by atoms with E-state index in [4.69, 9.17) is 0 Å². The lowest BCUT2D eigenvalue weighted by atomic mass is 10.2. The lowest BCUT2D eigenvalue weighted by Crippen LogP contribution is -2.14. The third-order valence-corrected chi connectivity index (χ3v) is 4.99. The molecule has 0 fully saturated rings. The van der Waals surface area contributed by atoms with E-state index in [0.717, 1.165) is 33.3 Å². The molecule has 2 heterocycles. The quantitative estimate of drug-likeness (QED) is 0.561. The molecule has 0 aliphatic rings. The van der Waals surface area contributed by atoms with Crippen molar-refractivity contribution in [3.05, 3.63) is 54.1 Å². The Morgan fingerprint density at radius 1 is 1.12 bits per heavy atom. The zero-order chi connectivity index (χ0) is 18.1. The fourth-order valence-corrected chi connectivity index (χ4v) is 3.40. The van der Waals surface area contributed by atoms with Crippen molar-refractivity contribution in [2.24, 2.45) is 7.05 Å². The monoisotopic (exact) mass is 363 g/mol. The number of aromatic nitrogens is 4. The smallest absolute Gasteiger partial charge is 0.234 e. The molecule has 6 nitrogen and oxygen atoms in total. The number of nitrogens with zero attached hydrogens (tertiary/aromatic N) is 4. The van der Waals surface area contributed by atoms with Gasteiger partial charge in [-0.1, -0.05) is 47.7 Å². The van der Waals surface area contributed by atoms with Crippen LogP contribution in [-0.4, -0.2) is 31.4 Å². The van der Waals surface area contributed by atoms with E-state index >= 15 is 0 Å². The van der Waals surface area contributed by atoms with E-state index in [1.807, 2.05) is 67.1 Å². The summed E-state index contributed by atoms with van der Waals surface area (Å²) < 4.78 is 2.00. The lowest BCUT2D eigenvalue weighted by molar-refractivity contribution is -0.113. The average Bonchev–Trinajstić information content (AvgIpc) is 2.94. The van der Waals surface area contributed by atoms with Gasteiger partial charge >= 0.3 is 0 Å². The molecule has 130 valence electrons. The molecule has 4 rings (SSSR count). The normalized spacial score (nSPS) is 11.2. The zero-order valence-electron chi connectivity index (χ0n) is 14.4. The molecule has 0 unspecified atom stereocenters. The predicted octanol–water partition coefficient (Wildman–Crippen LogP) is 3.56. The summed E-state index contributed by atoms with van der Waals surface area (Å²) in [5.41, 5.74) is 4.53. The van der Waals surface area contributed by atoms with Crippen molar-refractivity contribution in [1.29, 1.82) is 0 Å². The highest BCUT2D eigenvalue weighted by atomic mass is 32.2. The van der Waals surface area contributed by atoms with E-state index in [9.17, 15) is 4.79 Å². The Bertz CT molecular complexity index is 1100. The van der Waals surface area contributed by atoms with Gasteiger partial charge in [-0.2, -0.15) is 0 Å². The number of thioether (sulfide) groups is 1. The molecular formula is C19H17N5OS. The van der Waals surface area contributed by atoms with Gasteiger partial charge in [0.15, 0.2) is 5.65 Å². The highest BCUT2D eigenvalue weighted by Crippen LogP contribution is 2.25. The second-order valence-electron chi connectivity index (χ2n) is 6.05. The van der Waals surface area contributed by atoms with E-state index in [-0.39, 0.29) is 11.7 Å². The van der Waals surface area contributed by atoms with Gasteiger partial charge in [0.1, 0.15) is 5.52 Å². The van der Waals surface area contributed by atoms with Crippen molar-refractivity contribution in [1.82, 2.24) is 19.7 Å². The summed E-state index contributed by atoms with van der Waals surface area (Å²) in [4.78, 5) is 16.7. The van der Waals surface area contributed by atoms with Crippen LogP contribution in [-0.2, 0) is 11.8 Å². The summed E-state index contributed by atoms with van der Waals surface area (Å²) in [5, 5.41) is 12.9. The summed E-state index contributed by atoms with van der Waals surface area (Å²) in [6, 6.07) is 15.7. The highest BCUT2D eigenvalue weighted by Gasteiger charge is 2.13. The second kappa shape index (κ2) is 6.76. The van der Waals surface area contributed by atoms with Crippen LogP contribution in [0.25, 0.3) is 22.1 Å². The van der Waals surface area contributed by atoms with Crippen LogP contribution in [0.1, 0.15) is 5.56 Å². The maximum atomic E-state index is 12.1. The van der Waals surface area contributed by atoms with E-state index in [2.05, 4.69) is 20.5 Å². The van der Waals surface area contributed by atoms with Crippen LogP contribution in [0.3, 0.4) is 0 Å². The van der Waals surface area contributed by atoms with Crippen LogP contribution >= 0.6 is 11.8 Å². The van der Waals surface area contributed by atoms with Crippen molar-refractivity contribution >= 4 is 45.4 Å². The van der Waals surface area contributed by atoms with Gasteiger partial charge in [-0.05, 0) is 25.1 Å². The molecule has 1 N–H and O–H groups in total. The molecule has 0 saturated heterocycles. The molecule has 0 saturated carbocycles. The van der Waals surface area contributed by atoms with Crippen molar-refractivity contribution in [3.8, 4) is 0 Å². The SMILES string of the molecule is Cc1ccc(NC(=O)CSc2nnc3c4ccccc4n(C)c3n2)cc1.